The molecule has 2 aromatic rings. The van der Waals surface area contributed by atoms with Crippen molar-refractivity contribution in [2.45, 2.75) is 12.5 Å². The zero-order valence-electron chi connectivity index (χ0n) is 11.3. The van der Waals surface area contributed by atoms with E-state index in [1.54, 1.807) is 6.20 Å². The third-order valence-corrected chi connectivity index (χ3v) is 3.37. The van der Waals surface area contributed by atoms with Gasteiger partial charge in [-0.25, -0.2) is 0 Å². The molecule has 0 aromatic carbocycles. The number of aromatic nitrogens is 3. The molecule has 1 N–H and O–H groups in total. The first kappa shape index (κ1) is 14.9. The van der Waals surface area contributed by atoms with Gasteiger partial charge >= 0.3 is 0 Å². The summed E-state index contributed by atoms with van der Waals surface area (Å²) < 4.78 is 5.33. The quantitative estimate of drug-likeness (QED) is 0.913. The zero-order chi connectivity index (χ0) is 13.1. The van der Waals surface area contributed by atoms with Crippen LogP contribution in [0.3, 0.4) is 0 Å². The summed E-state index contributed by atoms with van der Waals surface area (Å²) >= 11 is 0. The molecular weight excluding hydrogens is 278 g/mol. The average molecular weight is 296 g/mol. The number of pyridine rings is 1. The first-order chi connectivity index (χ1) is 9.33. The van der Waals surface area contributed by atoms with Crippen molar-refractivity contribution in [1.82, 2.24) is 25.3 Å². The highest BCUT2D eigenvalue weighted by atomic mass is 35.5. The number of halogens is 1. The number of rotatable bonds is 3. The van der Waals surface area contributed by atoms with Crippen molar-refractivity contribution < 1.29 is 4.52 Å². The van der Waals surface area contributed by atoms with Crippen molar-refractivity contribution in [1.29, 1.82) is 0 Å². The maximum atomic E-state index is 5.33. The molecule has 3 heterocycles. The molecule has 1 aliphatic heterocycles. The van der Waals surface area contributed by atoms with Gasteiger partial charge in [0.15, 0.2) is 5.82 Å². The van der Waals surface area contributed by atoms with Gasteiger partial charge in [0.1, 0.15) is 0 Å². The molecule has 0 radical (unpaired) electrons. The lowest BCUT2D eigenvalue weighted by Crippen LogP contribution is -2.44. The number of piperazine rings is 1. The van der Waals surface area contributed by atoms with E-state index in [-0.39, 0.29) is 18.4 Å². The van der Waals surface area contributed by atoms with Gasteiger partial charge in [-0.2, -0.15) is 4.98 Å². The largest absolute Gasteiger partial charge is 0.339 e. The molecule has 1 fully saturated rings. The summed E-state index contributed by atoms with van der Waals surface area (Å²) in [4.78, 5) is 10.8. The lowest BCUT2D eigenvalue weighted by Gasteiger charge is -2.30. The minimum absolute atomic E-state index is 0. The van der Waals surface area contributed by atoms with Crippen LogP contribution in [0.2, 0.25) is 0 Å². The second kappa shape index (κ2) is 6.78. The van der Waals surface area contributed by atoms with E-state index in [2.05, 4.69) is 32.4 Å². The Labute approximate surface area is 124 Å². The van der Waals surface area contributed by atoms with E-state index in [1.165, 1.54) is 0 Å². The van der Waals surface area contributed by atoms with Gasteiger partial charge in [0.2, 0.25) is 5.89 Å². The van der Waals surface area contributed by atoms with Crippen molar-refractivity contribution in [3.05, 3.63) is 41.8 Å². The van der Waals surface area contributed by atoms with Crippen LogP contribution in [-0.2, 0) is 6.42 Å². The van der Waals surface area contributed by atoms with Crippen molar-refractivity contribution in [3.8, 4) is 0 Å². The third kappa shape index (κ3) is 3.33. The van der Waals surface area contributed by atoms with E-state index < -0.39 is 0 Å². The molecule has 0 amide bonds. The van der Waals surface area contributed by atoms with Gasteiger partial charge in [-0.05, 0) is 18.7 Å². The molecule has 7 heteroatoms. The number of nitrogens with zero attached hydrogens (tertiary/aromatic N) is 4. The Morgan fingerprint density at radius 2 is 2.40 bits per heavy atom. The van der Waals surface area contributed by atoms with Crippen LogP contribution in [0.5, 0.6) is 0 Å². The first-order valence-electron chi connectivity index (χ1n) is 6.45. The summed E-state index contributed by atoms with van der Waals surface area (Å²) in [7, 11) is 2.09. The predicted octanol–water partition coefficient (Wildman–Crippen LogP) is 1.05. The smallest absolute Gasteiger partial charge is 0.231 e. The minimum Gasteiger partial charge on any atom is -0.339 e. The highest BCUT2D eigenvalue weighted by Crippen LogP contribution is 2.18. The van der Waals surface area contributed by atoms with Crippen LogP contribution >= 0.6 is 12.4 Å². The number of hydrogen-bond donors (Lipinski definition) is 1. The minimum atomic E-state index is 0. The first-order valence-corrected chi connectivity index (χ1v) is 6.45. The van der Waals surface area contributed by atoms with Crippen LogP contribution in [0, 0.1) is 0 Å². The fraction of sp³-hybridized carbons (Fsp3) is 0.462. The molecule has 1 unspecified atom stereocenters. The van der Waals surface area contributed by atoms with Crippen molar-refractivity contribution in [2.75, 3.05) is 26.7 Å². The van der Waals surface area contributed by atoms with Crippen LogP contribution in [0.4, 0.5) is 0 Å². The highest BCUT2D eigenvalue weighted by Gasteiger charge is 2.25. The maximum Gasteiger partial charge on any atom is 0.231 e. The second-order valence-electron chi connectivity index (χ2n) is 4.78. The molecule has 20 heavy (non-hydrogen) atoms. The monoisotopic (exact) mass is 295 g/mol. The lowest BCUT2D eigenvalue weighted by atomic mass is 10.2. The van der Waals surface area contributed by atoms with Crippen LogP contribution < -0.4 is 5.32 Å². The highest BCUT2D eigenvalue weighted by molar-refractivity contribution is 5.85. The Morgan fingerprint density at radius 3 is 3.15 bits per heavy atom. The molecule has 0 aliphatic carbocycles. The molecule has 1 saturated heterocycles. The third-order valence-electron chi connectivity index (χ3n) is 3.37. The summed E-state index contributed by atoms with van der Waals surface area (Å²) in [6.07, 6.45) is 4.20. The molecule has 0 spiro atoms. The zero-order valence-corrected chi connectivity index (χ0v) is 12.1. The predicted molar refractivity (Wildman–Crippen MR) is 76.8 cm³/mol. The fourth-order valence-corrected chi connectivity index (χ4v) is 2.25. The summed E-state index contributed by atoms with van der Waals surface area (Å²) in [5.74, 6) is 1.40. The van der Waals surface area contributed by atoms with Crippen LogP contribution in [0.15, 0.2) is 29.0 Å². The van der Waals surface area contributed by atoms with Crippen molar-refractivity contribution in [3.63, 3.8) is 0 Å². The summed E-state index contributed by atoms with van der Waals surface area (Å²) in [5, 5.41) is 7.45. The Morgan fingerprint density at radius 1 is 1.50 bits per heavy atom. The molecule has 6 nitrogen and oxygen atoms in total. The van der Waals surface area contributed by atoms with Gasteiger partial charge in [0.25, 0.3) is 0 Å². The van der Waals surface area contributed by atoms with Crippen LogP contribution in [0.1, 0.15) is 23.3 Å². The van der Waals surface area contributed by atoms with E-state index >= 15 is 0 Å². The van der Waals surface area contributed by atoms with Gasteiger partial charge in [-0.15, -0.1) is 12.4 Å². The van der Waals surface area contributed by atoms with E-state index in [0.29, 0.717) is 12.3 Å². The maximum absolute atomic E-state index is 5.33. The molecule has 0 bridgehead atoms. The Bertz CT molecular complexity index is 533. The van der Waals surface area contributed by atoms with Gasteiger partial charge in [-0.3, -0.25) is 9.88 Å². The normalized spacial score (nSPS) is 19.6. The summed E-state index contributed by atoms with van der Waals surface area (Å²) in [5.41, 5.74) is 1.08. The summed E-state index contributed by atoms with van der Waals surface area (Å²) in [6, 6.07) is 4.11. The van der Waals surface area contributed by atoms with Crippen LogP contribution in [0.25, 0.3) is 0 Å². The molecule has 108 valence electrons. The molecular formula is C13H18ClN5O. The van der Waals surface area contributed by atoms with Crippen LogP contribution in [-0.4, -0.2) is 46.7 Å². The Kier molecular flexibility index (Phi) is 5.05. The average Bonchev–Trinajstić information content (AvgIpc) is 2.89. The molecule has 0 saturated carbocycles. The fourth-order valence-electron chi connectivity index (χ4n) is 2.25. The SMILES string of the molecule is CN1CCNCC1c1noc(Cc2cccnc2)n1.Cl. The van der Waals surface area contributed by atoms with Crippen molar-refractivity contribution in [2.24, 2.45) is 0 Å². The van der Waals surface area contributed by atoms with E-state index in [0.717, 1.165) is 31.0 Å². The standard InChI is InChI=1S/C13H17N5O.ClH/c1-18-6-5-15-9-11(18)13-16-12(19-17-13)7-10-3-2-4-14-8-10;/h2-4,8,11,15H,5-7,9H2,1H3;1H. The van der Waals surface area contributed by atoms with Crippen molar-refractivity contribution >= 4 is 12.4 Å². The van der Waals surface area contributed by atoms with Gasteiger partial charge in [0.05, 0.1) is 12.5 Å². The van der Waals surface area contributed by atoms with E-state index in [1.807, 2.05) is 18.3 Å². The molecule has 3 rings (SSSR count). The van der Waals surface area contributed by atoms with E-state index in [4.69, 9.17) is 4.52 Å². The number of nitrogens with one attached hydrogen (secondary N) is 1. The molecule has 1 atom stereocenters. The number of likely N-dealkylation sites (N-methyl/N-ethyl adjacent to an activating group) is 1. The van der Waals surface area contributed by atoms with Gasteiger partial charge in [0, 0.05) is 32.0 Å². The van der Waals surface area contributed by atoms with Gasteiger partial charge < -0.3 is 9.84 Å². The second-order valence-corrected chi connectivity index (χ2v) is 4.78. The van der Waals surface area contributed by atoms with Gasteiger partial charge in [-0.1, -0.05) is 11.2 Å². The molecule has 1 aliphatic rings. The number of hydrogen-bond acceptors (Lipinski definition) is 6. The topological polar surface area (TPSA) is 67.1 Å². The van der Waals surface area contributed by atoms with E-state index in [9.17, 15) is 0 Å². The lowest BCUT2D eigenvalue weighted by molar-refractivity contribution is 0.190. The Hall–Kier alpha value is -1.50. The molecule has 2 aromatic heterocycles. The summed E-state index contributed by atoms with van der Waals surface area (Å²) in [6.45, 7) is 2.87. The Balaban J connectivity index is 0.00000147.